The molecule has 5 nitrogen and oxygen atoms in total. The van der Waals surface area contributed by atoms with Gasteiger partial charge in [0.15, 0.2) is 0 Å². The Morgan fingerprint density at radius 1 is 0.692 bits per heavy atom. The van der Waals surface area contributed by atoms with Crippen LogP contribution in [0.25, 0.3) is 40.3 Å². The fraction of sp³-hybridized carbons (Fsp3) is 0.217. The highest BCUT2D eigenvalue weighted by atomic mass is 16.3. The molecule has 0 bridgehead atoms. The van der Waals surface area contributed by atoms with E-state index in [4.69, 9.17) is 9.41 Å². The van der Waals surface area contributed by atoms with E-state index in [1.165, 1.54) is 72.6 Å². The van der Waals surface area contributed by atoms with Crippen molar-refractivity contribution >= 4 is 57.4 Å². The second kappa shape index (κ2) is 14.7. The Morgan fingerprint density at radius 2 is 1.57 bits per heavy atom. The van der Waals surface area contributed by atoms with E-state index in [9.17, 15) is 0 Å². The molecule has 1 N–H and O–H groups in total. The molecule has 0 radical (unpaired) electrons. The fourth-order valence-electron chi connectivity index (χ4n) is 12.4. The van der Waals surface area contributed by atoms with Crippen LogP contribution in [0.3, 0.4) is 0 Å². The van der Waals surface area contributed by atoms with Gasteiger partial charge in [-0.2, -0.15) is 0 Å². The molecule has 14 rings (SSSR count). The molecule has 0 amide bonds. The molecule has 0 saturated carbocycles. The van der Waals surface area contributed by atoms with Crippen molar-refractivity contribution in [2.24, 2.45) is 16.8 Å². The zero-order valence-corrected chi connectivity index (χ0v) is 36.5. The normalized spacial score (nSPS) is 25.0. The molecule has 4 heterocycles. The number of hydrogen-bond acceptors (Lipinski definition) is 4. The summed E-state index contributed by atoms with van der Waals surface area (Å²) in [4.78, 5) is 8.37. The highest BCUT2D eigenvalue weighted by molar-refractivity contribution is 6.21. The first-order valence-electron chi connectivity index (χ1n) is 23.9. The van der Waals surface area contributed by atoms with E-state index in [-0.39, 0.29) is 6.29 Å². The van der Waals surface area contributed by atoms with Crippen molar-refractivity contribution in [3.8, 4) is 0 Å². The minimum atomic E-state index is -0.276. The average Bonchev–Trinajstić information content (AvgIpc) is 4.03. The van der Waals surface area contributed by atoms with Gasteiger partial charge in [0.2, 0.25) is 6.29 Å². The highest BCUT2D eigenvalue weighted by Gasteiger charge is 2.39. The van der Waals surface area contributed by atoms with Gasteiger partial charge in [-0.05, 0) is 116 Å². The quantitative estimate of drug-likeness (QED) is 0.192. The molecule has 0 saturated heterocycles. The number of para-hydroxylation sites is 2. The van der Waals surface area contributed by atoms with Gasteiger partial charge in [0.05, 0.1) is 17.8 Å². The van der Waals surface area contributed by atoms with Gasteiger partial charge in [-0.15, -0.1) is 0 Å². The van der Waals surface area contributed by atoms with Crippen molar-refractivity contribution in [2.75, 3.05) is 10.2 Å². The second-order valence-electron chi connectivity index (χ2n) is 19.0. The van der Waals surface area contributed by atoms with E-state index in [2.05, 4.69) is 185 Å². The van der Waals surface area contributed by atoms with E-state index in [0.717, 1.165) is 85.2 Å². The molecule has 65 heavy (non-hydrogen) atoms. The van der Waals surface area contributed by atoms with Crippen LogP contribution in [0.2, 0.25) is 0 Å². The van der Waals surface area contributed by atoms with Gasteiger partial charge in [0, 0.05) is 73.4 Å². The van der Waals surface area contributed by atoms with Gasteiger partial charge in [0.1, 0.15) is 11.3 Å². The number of aryl methyl sites for hydroxylation is 1. The van der Waals surface area contributed by atoms with Crippen molar-refractivity contribution in [1.29, 1.82) is 0 Å². The van der Waals surface area contributed by atoms with Gasteiger partial charge < -0.3 is 19.2 Å². The lowest BCUT2D eigenvalue weighted by atomic mass is 9.81. The Kier molecular flexibility index (Phi) is 8.44. The molecule has 3 aromatic carbocycles. The largest absolute Gasteiger partial charge is 0.456 e. The topological polar surface area (TPSA) is 45.7 Å². The minimum Gasteiger partial charge on any atom is -0.456 e. The van der Waals surface area contributed by atoms with Gasteiger partial charge in [0.25, 0.3) is 0 Å². The van der Waals surface area contributed by atoms with Crippen LogP contribution in [0.5, 0.6) is 0 Å². The number of furan rings is 1. The number of nitrogens with one attached hydrogen (secondary N) is 1. The molecular weight excluding hydrogens is 793 g/mol. The van der Waals surface area contributed by atoms with Gasteiger partial charge in [-0.1, -0.05) is 134 Å². The van der Waals surface area contributed by atoms with Crippen LogP contribution in [-0.4, -0.2) is 22.4 Å². The summed E-state index contributed by atoms with van der Waals surface area (Å²) < 4.78 is 9.20. The Balaban J connectivity index is 0.809. The summed E-state index contributed by atoms with van der Waals surface area (Å²) in [5.74, 6) is 1.92. The van der Waals surface area contributed by atoms with Crippen molar-refractivity contribution < 1.29 is 4.42 Å². The number of allylic oxidation sites excluding steroid dienone is 15. The molecule has 316 valence electrons. The third kappa shape index (κ3) is 5.87. The molecule has 7 aliphatic carbocycles. The smallest absolute Gasteiger partial charge is 0.201 e. The molecule has 2 aromatic heterocycles. The maximum Gasteiger partial charge on any atom is 0.201 e. The number of hydrogen-bond donors (Lipinski definition) is 1. The van der Waals surface area contributed by atoms with E-state index in [1.807, 2.05) is 0 Å². The summed E-state index contributed by atoms with van der Waals surface area (Å²) in [5.41, 5.74) is 21.6. The summed E-state index contributed by atoms with van der Waals surface area (Å²) in [6.45, 7) is 0. The van der Waals surface area contributed by atoms with Crippen LogP contribution in [0.1, 0.15) is 94.5 Å². The van der Waals surface area contributed by atoms with Crippen molar-refractivity contribution in [2.45, 2.75) is 69.7 Å². The van der Waals surface area contributed by atoms with Crippen LogP contribution in [-0.2, 0) is 19.3 Å². The molecule has 5 unspecified atom stereocenters. The summed E-state index contributed by atoms with van der Waals surface area (Å²) in [7, 11) is 0. The number of nitrogens with zero attached hydrogens (tertiary/aromatic N) is 3. The van der Waals surface area contributed by atoms with Crippen LogP contribution in [0, 0.1) is 11.8 Å². The zero-order valence-electron chi connectivity index (χ0n) is 36.5. The Morgan fingerprint density at radius 3 is 2.52 bits per heavy atom. The van der Waals surface area contributed by atoms with Gasteiger partial charge >= 0.3 is 0 Å². The van der Waals surface area contributed by atoms with Gasteiger partial charge in [-0.25, -0.2) is 4.99 Å². The van der Waals surface area contributed by atoms with Crippen LogP contribution >= 0.6 is 0 Å². The number of aromatic nitrogens is 1. The molecule has 2 aliphatic heterocycles. The first-order chi connectivity index (χ1) is 32.2. The predicted octanol–water partition coefficient (Wildman–Crippen LogP) is 13.7. The van der Waals surface area contributed by atoms with E-state index < -0.39 is 0 Å². The summed E-state index contributed by atoms with van der Waals surface area (Å²) in [6, 6.07) is 23.2. The first kappa shape index (κ1) is 37.3. The SMILES string of the molecule is C1=CCC2C(=C1)c1cc(C3=Cc4c5c(n(C6N=C(c7cccc8c9c(oc78)C=CCC9)c7ccccc7N6)c4CC3)CCC=C5)ccc1N2C1C=CC(C2=CC3C=CC=CC3C=C2)=CC1. The van der Waals surface area contributed by atoms with Gasteiger partial charge in [-0.3, -0.25) is 0 Å². The third-order valence-electron chi connectivity index (χ3n) is 15.5. The minimum absolute atomic E-state index is 0.276. The lowest BCUT2D eigenvalue weighted by molar-refractivity contribution is 0.538. The Labute approximate surface area is 380 Å². The molecule has 9 aliphatic rings. The third-order valence-corrected chi connectivity index (χ3v) is 15.5. The highest BCUT2D eigenvalue weighted by Crippen LogP contribution is 2.49. The van der Waals surface area contributed by atoms with E-state index in [0.29, 0.717) is 23.9 Å². The Hall–Kier alpha value is -7.11. The van der Waals surface area contributed by atoms with Crippen LogP contribution in [0.15, 0.2) is 172 Å². The van der Waals surface area contributed by atoms with E-state index >= 15 is 0 Å². The number of benzene rings is 3. The maximum absolute atomic E-state index is 6.65. The summed E-state index contributed by atoms with van der Waals surface area (Å²) in [5, 5.41) is 5.11. The standard InChI is InChI=1S/C60H50N4O/c1-2-13-39-34-40(25-24-37(39)12-1)38-26-30-43(31-27-38)63-53-21-8-4-14-44(53)50-35-41(28-32-55(50)63)42-29-33-56-51(36-42)45-15-5-9-22-54(45)64(56)60-61-52-20-7-3-17-48(52)58(62-60)49-19-11-18-47-46-16-6-10-23-57(46)65-59(47)49/h1-5,7-8,10-15,17-20,23-28,30,32,34-37,39,43,53,60-61H,6,9,16,21-22,29,31,33H2. The molecule has 0 fully saturated rings. The maximum atomic E-state index is 6.65. The monoisotopic (exact) mass is 842 g/mol. The number of aliphatic imine (C=N–C) groups is 1. The first-order valence-corrected chi connectivity index (χ1v) is 23.9. The zero-order chi connectivity index (χ0) is 42.6. The van der Waals surface area contributed by atoms with Crippen molar-refractivity contribution in [3.05, 3.63) is 219 Å². The van der Waals surface area contributed by atoms with Crippen LogP contribution in [0.4, 0.5) is 11.4 Å². The van der Waals surface area contributed by atoms with Crippen molar-refractivity contribution in [1.82, 2.24) is 4.57 Å². The van der Waals surface area contributed by atoms with Crippen molar-refractivity contribution in [3.63, 3.8) is 0 Å². The predicted molar refractivity (Wildman–Crippen MR) is 269 cm³/mol. The molecule has 5 atom stereocenters. The average molecular weight is 843 g/mol. The molecule has 5 aromatic rings. The molecule has 0 spiro atoms. The second-order valence-corrected chi connectivity index (χ2v) is 19.0. The summed E-state index contributed by atoms with van der Waals surface area (Å²) >= 11 is 0. The Bertz CT molecular complexity index is 3280. The number of fused-ring (bicyclic) bond motifs is 11. The fourth-order valence-corrected chi connectivity index (χ4v) is 12.4. The number of anilines is 2. The summed E-state index contributed by atoms with van der Waals surface area (Å²) in [6.07, 6.45) is 49.8. The van der Waals surface area contributed by atoms with E-state index in [1.54, 1.807) is 0 Å². The molecular formula is C60H50N4O. The molecule has 5 heteroatoms. The lowest BCUT2D eigenvalue weighted by Gasteiger charge is -2.36. The lowest BCUT2D eigenvalue weighted by Crippen LogP contribution is -2.40. The van der Waals surface area contributed by atoms with Crippen LogP contribution < -0.4 is 10.2 Å². The number of rotatable bonds is 5.